The maximum Gasteiger partial charge on any atom is 0.430 e. The number of benzene rings is 1. The van der Waals surface area contributed by atoms with Gasteiger partial charge in [0.25, 0.3) is 0 Å². The van der Waals surface area contributed by atoms with Crippen molar-refractivity contribution in [2.24, 2.45) is 0 Å². The molecule has 24 heavy (non-hydrogen) atoms. The van der Waals surface area contributed by atoms with E-state index in [9.17, 15) is 13.2 Å². The SMILES string of the molecule is Cc1nnc2n1C1C=C(C(F)(F)F)N(Cc3ccccc3)C1C=C2. The van der Waals surface area contributed by atoms with Crippen molar-refractivity contribution >= 4 is 6.08 Å². The Balaban J connectivity index is 1.76. The second-order valence-electron chi connectivity index (χ2n) is 5.98. The number of nitrogens with zero attached hydrogens (tertiary/aromatic N) is 4. The fourth-order valence-corrected chi connectivity index (χ4v) is 3.43. The topological polar surface area (TPSA) is 34.0 Å². The van der Waals surface area contributed by atoms with Crippen LogP contribution in [0, 0.1) is 6.92 Å². The third-order valence-electron chi connectivity index (χ3n) is 4.47. The van der Waals surface area contributed by atoms with Gasteiger partial charge >= 0.3 is 6.18 Å². The van der Waals surface area contributed by atoms with Crippen LogP contribution in [0.15, 0.2) is 48.2 Å². The van der Waals surface area contributed by atoms with Crippen LogP contribution in [0.1, 0.15) is 23.3 Å². The van der Waals surface area contributed by atoms with Gasteiger partial charge in [0.05, 0.1) is 12.1 Å². The minimum absolute atomic E-state index is 0.203. The number of alkyl halides is 3. The molecule has 4 rings (SSSR count). The summed E-state index contributed by atoms with van der Waals surface area (Å²) in [6, 6.07) is 8.35. The predicted molar refractivity (Wildman–Crippen MR) is 82.7 cm³/mol. The van der Waals surface area contributed by atoms with Gasteiger partial charge in [0.2, 0.25) is 0 Å². The summed E-state index contributed by atoms with van der Waals surface area (Å²) in [5.41, 5.74) is 0.236. The molecule has 3 heterocycles. The molecule has 0 radical (unpaired) electrons. The molecule has 124 valence electrons. The zero-order chi connectivity index (χ0) is 16.9. The highest BCUT2D eigenvalue weighted by Crippen LogP contribution is 2.43. The number of fused-ring (bicyclic) bond motifs is 3. The standard InChI is InChI=1S/C17H15F3N4/c1-11-21-22-16-8-7-13-14(24(11)16)9-15(17(18,19)20)23(13)10-12-5-3-2-4-6-12/h2-9,13-14H,10H2,1H3. The lowest BCUT2D eigenvalue weighted by Gasteiger charge is -2.33. The van der Waals surface area contributed by atoms with Crippen LogP contribution in [0.3, 0.4) is 0 Å². The monoisotopic (exact) mass is 332 g/mol. The highest BCUT2D eigenvalue weighted by Gasteiger charge is 2.47. The zero-order valence-electron chi connectivity index (χ0n) is 12.9. The molecule has 1 aromatic heterocycles. The van der Waals surface area contributed by atoms with Gasteiger partial charge in [-0.1, -0.05) is 36.4 Å². The van der Waals surface area contributed by atoms with Crippen molar-refractivity contribution in [1.29, 1.82) is 0 Å². The summed E-state index contributed by atoms with van der Waals surface area (Å²) >= 11 is 0. The fourth-order valence-electron chi connectivity index (χ4n) is 3.43. The van der Waals surface area contributed by atoms with Crippen LogP contribution >= 0.6 is 0 Å². The van der Waals surface area contributed by atoms with Crippen molar-refractivity contribution in [3.8, 4) is 0 Å². The van der Waals surface area contributed by atoms with Crippen molar-refractivity contribution in [2.45, 2.75) is 31.7 Å². The summed E-state index contributed by atoms with van der Waals surface area (Å²) in [4.78, 5) is 1.42. The molecule has 0 amide bonds. The number of halogens is 3. The van der Waals surface area contributed by atoms with Gasteiger partial charge in [-0.2, -0.15) is 13.2 Å². The molecule has 0 bridgehead atoms. The Morgan fingerprint density at radius 3 is 2.54 bits per heavy atom. The van der Waals surface area contributed by atoms with Crippen molar-refractivity contribution in [3.05, 3.63) is 65.4 Å². The third-order valence-corrected chi connectivity index (χ3v) is 4.47. The van der Waals surface area contributed by atoms with Gasteiger partial charge in [-0.25, -0.2) is 0 Å². The number of hydrogen-bond acceptors (Lipinski definition) is 3. The smallest absolute Gasteiger partial charge is 0.355 e. The van der Waals surface area contributed by atoms with E-state index in [1.165, 1.54) is 11.0 Å². The van der Waals surface area contributed by atoms with Crippen molar-refractivity contribution in [1.82, 2.24) is 19.7 Å². The van der Waals surface area contributed by atoms with E-state index in [4.69, 9.17) is 0 Å². The molecule has 0 saturated carbocycles. The largest absolute Gasteiger partial charge is 0.430 e. The first kappa shape index (κ1) is 15.0. The first-order valence-electron chi connectivity index (χ1n) is 7.64. The molecule has 0 spiro atoms. The normalized spacial score (nSPS) is 22.3. The lowest BCUT2D eigenvalue weighted by Crippen LogP contribution is -2.38. The molecule has 7 heteroatoms. The molecule has 0 N–H and O–H groups in total. The number of aromatic nitrogens is 3. The molecule has 2 unspecified atom stereocenters. The summed E-state index contributed by atoms with van der Waals surface area (Å²) in [6.07, 6.45) is 0.414. The molecular weight excluding hydrogens is 317 g/mol. The molecule has 1 aromatic carbocycles. The van der Waals surface area contributed by atoms with Gasteiger partial charge in [0.15, 0.2) is 5.82 Å². The molecule has 2 aromatic rings. The van der Waals surface area contributed by atoms with Crippen LogP contribution in [-0.4, -0.2) is 31.9 Å². The molecular formula is C17H15F3N4. The molecule has 2 atom stereocenters. The summed E-state index contributed by atoms with van der Waals surface area (Å²) in [7, 11) is 0. The first-order valence-corrected chi connectivity index (χ1v) is 7.64. The summed E-state index contributed by atoms with van der Waals surface area (Å²) in [5, 5.41) is 8.00. The van der Waals surface area contributed by atoms with Gasteiger partial charge in [0.1, 0.15) is 11.5 Å². The van der Waals surface area contributed by atoms with E-state index in [1.807, 2.05) is 30.3 Å². The maximum absolute atomic E-state index is 13.6. The van der Waals surface area contributed by atoms with E-state index in [0.29, 0.717) is 11.6 Å². The first-order chi connectivity index (χ1) is 11.4. The maximum atomic E-state index is 13.6. The summed E-state index contributed by atoms with van der Waals surface area (Å²) in [5.74, 6) is 1.21. The number of aryl methyl sites for hydroxylation is 1. The summed E-state index contributed by atoms with van der Waals surface area (Å²) < 4.78 is 42.5. The lowest BCUT2D eigenvalue weighted by molar-refractivity contribution is -0.111. The van der Waals surface area contributed by atoms with Crippen LogP contribution < -0.4 is 0 Å². The Kier molecular flexibility index (Phi) is 3.26. The second-order valence-corrected chi connectivity index (χ2v) is 5.98. The second kappa shape index (κ2) is 5.22. The highest BCUT2D eigenvalue weighted by atomic mass is 19.4. The van der Waals surface area contributed by atoms with Crippen LogP contribution in [-0.2, 0) is 6.54 Å². The Morgan fingerprint density at radius 1 is 1.08 bits per heavy atom. The minimum Gasteiger partial charge on any atom is -0.355 e. The van der Waals surface area contributed by atoms with Crippen molar-refractivity contribution < 1.29 is 13.2 Å². The van der Waals surface area contributed by atoms with Crippen LogP contribution in [0.4, 0.5) is 13.2 Å². The average molecular weight is 332 g/mol. The number of hydrogen-bond donors (Lipinski definition) is 0. The van der Waals surface area contributed by atoms with Gasteiger partial charge in [0, 0.05) is 6.54 Å². The minimum atomic E-state index is -4.40. The van der Waals surface area contributed by atoms with Crippen molar-refractivity contribution in [2.75, 3.05) is 0 Å². The highest BCUT2D eigenvalue weighted by molar-refractivity contribution is 5.48. The molecule has 2 aliphatic heterocycles. The van der Waals surface area contributed by atoms with Crippen LogP contribution in [0.25, 0.3) is 6.08 Å². The molecule has 4 nitrogen and oxygen atoms in total. The average Bonchev–Trinajstić information content (AvgIpc) is 3.09. The Morgan fingerprint density at radius 2 is 1.83 bits per heavy atom. The number of rotatable bonds is 2. The zero-order valence-corrected chi connectivity index (χ0v) is 12.9. The molecule has 0 saturated heterocycles. The van der Waals surface area contributed by atoms with Gasteiger partial charge in [-0.3, -0.25) is 0 Å². The van der Waals surface area contributed by atoms with E-state index >= 15 is 0 Å². The Hall–Kier alpha value is -2.57. The summed E-state index contributed by atoms with van der Waals surface area (Å²) in [6.45, 7) is 1.96. The van der Waals surface area contributed by atoms with Crippen LogP contribution in [0.5, 0.6) is 0 Å². The van der Waals surface area contributed by atoms with E-state index in [0.717, 1.165) is 5.56 Å². The van der Waals surface area contributed by atoms with Gasteiger partial charge in [-0.05, 0) is 24.6 Å². The van der Waals surface area contributed by atoms with Crippen LogP contribution in [0.2, 0.25) is 0 Å². The van der Waals surface area contributed by atoms with E-state index in [2.05, 4.69) is 10.2 Å². The third kappa shape index (κ3) is 2.31. The molecule has 2 aliphatic rings. The fraction of sp³-hybridized carbons (Fsp3) is 0.294. The Bertz CT molecular complexity index is 820. The van der Waals surface area contributed by atoms with Gasteiger partial charge in [-0.15, -0.1) is 10.2 Å². The molecule has 0 aliphatic carbocycles. The van der Waals surface area contributed by atoms with Crippen molar-refractivity contribution in [3.63, 3.8) is 0 Å². The quantitative estimate of drug-likeness (QED) is 0.844. The Labute approximate surface area is 136 Å². The van der Waals surface area contributed by atoms with E-state index in [1.54, 1.807) is 23.6 Å². The van der Waals surface area contributed by atoms with E-state index in [-0.39, 0.29) is 6.54 Å². The molecule has 0 fully saturated rings. The van der Waals surface area contributed by atoms with E-state index < -0.39 is 24.0 Å². The lowest BCUT2D eigenvalue weighted by atomic mass is 10.1. The van der Waals surface area contributed by atoms with Gasteiger partial charge < -0.3 is 9.47 Å². The number of allylic oxidation sites excluding steroid dienone is 1. The predicted octanol–water partition coefficient (Wildman–Crippen LogP) is 3.49.